The molecule has 0 aromatic heterocycles. The molecule has 0 aliphatic rings. The lowest BCUT2D eigenvalue weighted by Crippen LogP contribution is -1.77. The SMILES string of the molecule is O=c1c2c(O)c(O)c3cc4ccccc4cc3c12. The summed E-state index contributed by atoms with van der Waals surface area (Å²) >= 11 is 0. The Morgan fingerprint density at radius 2 is 1.39 bits per heavy atom. The molecule has 2 N–H and O–H groups in total. The highest BCUT2D eigenvalue weighted by Crippen LogP contribution is 2.44. The van der Waals surface area contributed by atoms with Gasteiger partial charge in [0.2, 0.25) is 0 Å². The molecule has 0 heterocycles. The van der Waals surface area contributed by atoms with Crippen LogP contribution in [0.25, 0.3) is 32.3 Å². The van der Waals surface area contributed by atoms with E-state index in [4.69, 9.17) is 0 Å². The van der Waals surface area contributed by atoms with Gasteiger partial charge in [-0.25, -0.2) is 0 Å². The average Bonchev–Trinajstić information content (AvgIpc) is 3.06. The lowest BCUT2D eigenvalue weighted by molar-refractivity contribution is 0.413. The van der Waals surface area contributed by atoms with Gasteiger partial charge in [-0.2, -0.15) is 0 Å². The molecule has 0 spiro atoms. The predicted molar refractivity (Wildman–Crippen MR) is 70.9 cm³/mol. The van der Waals surface area contributed by atoms with E-state index >= 15 is 0 Å². The monoisotopic (exact) mass is 236 g/mol. The van der Waals surface area contributed by atoms with Crippen molar-refractivity contribution in [1.29, 1.82) is 0 Å². The van der Waals surface area contributed by atoms with Crippen LogP contribution >= 0.6 is 0 Å². The zero-order valence-corrected chi connectivity index (χ0v) is 9.27. The van der Waals surface area contributed by atoms with Crippen molar-refractivity contribution in [3.8, 4) is 11.5 Å². The average molecular weight is 236 g/mol. The van der Waals surface area contributed by atoms with Crippen molar-refractivity contribution in [2.75, 3.05) is 0 Å². The van der Waals surface area contributed by atoms with E-state index in [2.05, 4.69) is 0 Å². The highest BCUT2D eigenvalue weighted by Gasteiger charge is 2.25. The minimum absolute atomic E-state index is 0.173. The van der Waals surface area contributed by atoms with Gasteiger partial charge >= 0.3 is 0 Å². The Hall–Kier alpha value is -2.55. The fourth-order valence-corrected chi connectivity index (χ4v) is 2.54. The second kappa shape index (κ2) is 2.82. The molecule has 4 aromatic carbocycles. The number of aromatic hydroxyl groups is 2. The molecule has 0 fully saturated rings. The highest BCUT2D eigenvalue weighted by molar-refractivity contribution is 6.23. The van der Waals surface area contributed by atoms with Crippen LogP contribution in [-0.2, 0) is 0 Å². The Bertz CT molecular complexity index is 956. The summed E-state index contributed by atoms with van der Waals surface area (Å²) in [6.07, 6.45) is 0. The smallest absolute Gasteiger partial charge is 0.199 e. The topological polar surface area (TPSA) is 57.5 Å². The summed E-state index contributed by atoms with van der Waals surface area (Å²) in [5.41, 5.74) is -0.173. The Labute approximate surface area is 101 Å². The largest absolute Gasteiger partial charge is 0.504 e. The maximum atomic E-state index is 11.6. The lowest BCUT2D eigenvalue weighted by Gasteiger charge is -2.04. The van der Waals surface area contributed by atoms with Gasteiger partial charge in [0.1, 0.15) is 0 Å². The van der Waals surface area contributed by atoms with E-state index in [1.165, 1.54) is 0 Å². The molecule has 4 aromatic rings. The van der Waals surface area contributed by atoms with Gasteiger partial charge in [0.05, 0.1) is 5.39 Å². The maximum Gasteiger partial charge on any atom is 0.199 e. The van der Waals surface area contributed by atoms with Crippen LogP contribution in [0.15, 0.2) is 41.2 Å². The summed E-state index contributed by atoms with van der Waals surface area (Å²) in [5, 5.41) is 23.7. The number of phenols is 2. The Balaban J connectivity index is 2.34. The summed E-state index contributed by atoms with van der Waals surface area (Å²) in [6, 6.07) is 11.4. The summed E-state index contributed by atoms with van der Waals surface area (Å²) < 4.78 is 0. The van der Waals surface area contributed by atoms with Crippen molar-refractivity contribution < 1.29 is 10.2 Å². The zero-order valence-electron chi connectivity index (χ0n) is 9.27. The van der Waals surface area contributed by atoms with Crippen molar-refractivity contribution >= 4 is 32.3 Å². The first-order valence-corrected chi connectivity index (χ1v) is 5.63. The molecular weight excluding hydrogens is 228 g/mol. The molecule has 0 bridgehead atoms. The van der Waals surface area contributed by atoms with E-state index in [1.54, 1.807) is 6.07 Å². The van der Waals surface area contributed by atoms with Gasteiger partial charge < -0.3 is 10.2 Å². The van der Waals surface area contributed by atoms with E-state index in [-0.39, 0.29) is 22.3 Å². The van der Waals surface area contributed by atoms with Crippen LogP contribution in [0.2, 0.25) is 0 Å². The summed E-state index contributed by atoms with van der Waals surface area (Å²) in [4.78, 5) is 11.6. The quantitative estimate of drug-likeness (QED) is 0.364. The minimum Gasteiger partial charge on any atom is -0.504 e. The van der Waals surface area contributed by atoms with Gasteiger partial charge in [0.15, 0.2) is 16.9 Å². The number of hydrogen-bond acceptors (Lipinski definition) is 3. The number of hydrogen-bond donors (Lipinski definition) is 2. The fraction of sp³-hybridized carbons (Fsp3) is 0. The van der Waals surface area contributed by atoms with E-state index in [1.807, 2.05) is 30.3 Å². The van der Waals surface area contributed by atoms with Crippen LogP contribution in [0.3, 0.4) is 0 Å². The van der Waals surface area contributed by atoms with E-state index in [0.29, 0.717) is 16.2 Å². The molecule has 0 radical (unpaired) electrons. The van der Waals surface area contributed by atoms with Gasteiger partial charge in [-0.15, -0.1) is 0 Å². The van der Waals surface area contributed by atoms with Crippen molar-refractivity contribution in [3.63, 3.8) is 0 Å². The first-order valence-electron chi connectivity index (χ1n) is 5.63. The number of fused-ring (bicyclic) bond motifs is 4. The van der Waals surface area contributed by atoms with Gasteiger partial charge in [-0.3, -0.25) is 4.79 Å². The molecule has 18 heavy (non-hydrogen) atoms. The van der Waals surface area contributed by atoms with Crippen LogP contribution < -0.4 is 5.43 Å². The van der Waals surface area contributed by atoms with Gasteiger partial charge in [-0.1, -0.05) is 24.3 Å². The molecule has 86 valence electrons. The molecule has 0 unspecified atom stereocenters. The Morgan fingerprint density at radius 1 is 0.778 bits per heavy atom. The Morgan fingerprint density at radius 3 is 2.06 bits per heavy atom. The molecule has 3 heteroatoms. The van der Waals surface area contributed by atoms with Crippen LogP contribution in [0.1, 0.15) is 0 Å². The minimum atomic E-state index is -0.294. The molecule has 0 saturated carbocycles. The summed E-state index contributed by atoms with van der Waals surface area (Å²) in [6.45, 7) is 0. The molecule has 0 saturated heterocycles. The van der Waals surface area contributed by atoms with Gasteiger partial charge in [-0.05, 0) is 28.3 Å². The van der Waals surface area contributed by atoms with Gasteiger partial charge in [0.25, 0.3) is 0 Å². The molecule has 0 atom stereocenters. The standard InChI is InChI=1S/C15H8O3/c16-13-10-6-8-4-2-1-3-7(8)5-9(10)11-12(14(11)17)15(13)18/h1-6,16,18H. The van der Waals surface area contributed by atoms with E-state index < -0.39 is 0 Å². The number of phenolic OH excluding ortho intramolecular Hbond substituents is 2. The van der Waals surface area contributed by atoms with Gasteiger partial charge in [0, 0.05) is 10.8 Å². The first kappa shape index (κ1) is 9.48. The second-order valence-corrected chi connectivity index (χ2v) is 4.52. The molecule has 0 aliphatic carbocycles. The zero-order chi connectivity index (χ0) is 12.4. The summed E-state index contributed by atoms with van der Waals surface area (Å²) in [5.74, 6) is -0.502. The lowest BCUT2D eigenvalue weighted by atomic mass is 10.0. The van der Waals surface area contributed by atoms with Crippen LogP contribution in [0, 0.1) is 0 Å². The predicted octanol–water partition coefficient (Wildman–Crippen LogP) is 2.79. The molecule has 0 aliphatic heterocycles. The number of benzene rings is 3. The van der Waals surface area contributed by atoms with Crippen molar-refractivity contribution in [2.24, 2.45) is 0 Å². The molecule has 4 rings (SSSR count). The maximum absolute atomic E-state index is 11.6. The highest BCUT2D eigenvalue weighted by atomic mass is 16.3. The van der Waals surface area contributed by atoms with Crippen molar-refractivity contribution in [1.82, 2.24) is 0 Å². The van der Waals surface area contributed by atoms with Crippen LogP contribution in [-0.4, -0.2) is 10.2 Å². The third-order valence-corrected chi connectivity index (χ3v) is 3.51. The van der Waals surface area contributed by atoms with E-state index in [9.17, 15) is 15.0 Å². The second-order valence-electron chi connectivity index (χ2n) is 4.52. The Kier molecular flexibility index (Phi) is 1.48. The first-order chi connectivity index (χ1) is 8.68. The third kappa shape index (κ3) is 0.966. The molecular formula is C15H8O3. The van der Waals surface area contributed by atoms with Crippen LogP contribution in [0.4, 0.5) is 0 Å². The normalized spacial score (nSPS) is 12.0. The molecule has 3 nitrogen and oxygen atoms in total. The van der Waals surface area contributed by atoms with Crippen molar-refractivity contribution in [2.45, 2.75) is 0 Å². The van der Waals surface area contributed by atoms with Crippen molar-refractivity contribution in [3.05, 3.63) is 46.6 Å². The van der Waals surface area contributed by atoms with E-state index in [0.717, 1.165) is 10.8 Å². The summed E-state index contributed by atoms with van der Waals surface area (Å²) in [7, 11) is 0. The molecule has 0 amide bonds. The third-order valence-electron chi connectivity index (χ3n) is 3.51. The number of rotatable bonds is 0. The fourth-order valence-electron chi connectivity index (χ4n) is 2.54. The van der Waals surface area contributed by atoms with Crippen LogP contribution in [0.5, 0.6) is 11.5 Å².